The number of fused-ring (bicyclic) bond motifs is 2. The van der Waals surface area contributed by atoms with Crippen molar-refractivity contribution in [3.05, 3.63) is 65.0 Å². The van der Waals surface area contributed by atoms with E-state index in [2.05, 4.69) is 15.1 Å². The summed E-state index contributed by atoms with van der Waals surface area (Å²) < 4.78 is 11.2. The van der Waals surface area contributed by atoms with Gasteiger partial charge in [0.1, 0.15) is 12.0 Å². The zero-order valence-electron chi connectivity index (χ0n) is 17.4. The van der Waals surface area contributed by atoms with Crippen LogP contribution in [0.25, 0.3) is 33.1 Å². The highest BCUT2D eigenvalue weighted by molar-refractivity contribution is 6.34. The molecule has 0 bridgehead atoms. The fourth-order valence-corrected chi connectivity index (χ4v) is 4.18. The summed E-state index contributed by atoms with van der Waals surface area (Å²) in [5, 5.41) is 15.2. The fraction of sp³-hybridized carbons (Fsp3) is 0.208. The largest absolute Gasteiger partial charge is 0.426 e. The van der Waals surface area contributed by atoms with Crippen molar-refractivity contribution in [1.29, 1.82) is 0 Å². The Bertz CT molecular complexity index is 1420. The van der Waals surface area contributed by atoms with E-state index in [0.717, 1.165) is 34.1 Å². The van der Waals surface area contributed by atoms with Gasteiger partial charge in [0.15, 0.2) is 5.58 Å². The molecule has 2 atom stereocenters. The third-order valence-electron chi connectivity index (χ3n) is 6.03. The summed E-state index contributed by atoms with van der Waals surface area (Å²) >= 11 is 6.58. The fourth-order valence-electron chi connectivity index (χ4n) is 3.91. The van der Waals surface area contributed by atoms with Gasteiger partial charge in [0.2, 0.25) is 0 Å². The van der Waals surface area contributed by atoms with Gasteiger partial charge in [-0.15, -0.1) is 0 Å². The van der Waals surface area contributed by atoms with Gasteiger partial charge in [-0.3, -0.25) is 0 Å². The van der Waals surface area contributed by atoms with Gasteiger partial charge in [-0.05, 0) is 54.8 Å². The maximum atomic E-state index is 11.6. The molecule has 0 aliphatic heterocycles. The zero-order valence-corrected chi connectivity index (χ0v) is 18.2. The lowest BCUT2D eigenvalue weighted by atomic mass is 9.75. The molecule has 5 rings (SSSR count). The SMILES string of the molecule is Cc1noc2ccc(-c3cc4nc(OC5=CC(C=O)(CO)C(C)C=C5)[nH]c4cc3Cl)cc12. The standard InChI is InChI=1S/C24H20ClN3O4/c1-13-3-5-16(10-24(13,11-29)12-30)31-23-26-20-8-18(19(25)9-21(20)27-23)15-4-6-22-17(7-15)14(2)28-32-22/h3-11,13,30H,12H2,1-2H3,(H,26,27). The Morgan fingerprint density at radius 2 is 2.19 bits per heavy atom. The van der Waals surface area contributed by atoms with Gasteiger partial charge < -0.3 is 24.1 Å². The van der Waals surface area contributed by atoms with Crippen LogP contribution < -0.4 is 4.74 Å². The average molecular weight is 450 g/mol. The molecule has 0 spiro atoms. The van der Waals surface area contributed by atoms with Gasteiger partial charge in [0.05, 0.1) is 33.8 Å². The lowest BCUT2D eigenvalue weighted by Gasteiger charge is -2.30. The van der Waals surface area contributed by atoms with Crippen LogP contribution in [0.5, 0.6) is 6.01 Å². The predicted molar refractivity (Wildman–Crippen MR) is 121 cm³/mol. The summed E-state index contributed by atoms with van der Waals surface area (Å²) in [5.74, 6) is 0.295. The summed E-state index contributed by atoms with van der Waals surface area (Å²) in [6, 6.07) is 9.74. The van der Waals surface area contributed by atoms with Crippen LogP contribution in [0.3, 0.4) is 0 Å². The molecule has 7 nitrogen and oxygen atoms in total. The number of nitrogens with one attached hydrogen (secondary N) is 1. The normalized spacial score (nSPS) is 20.6. The number of aromatic amines is 1. The van der Waals surface area contributed by atoms with Crippen molar-refractivity contribution in [2.45, 2.75) is 13.8 Å². The topological polar surface area (TPSA) is 101 Å². The van der Waals surface area contributed by atoms with E-state index in [9.17, 15) is 9.90 Å². The number of hydrogen-bond acceptors (Lipinski definition) is 6. The molecule has 1 aliphatic rings. The molecule has 2 aromatic carbocycles. The Labute approximate surface area is 188 Å². The van der Waals surface area contributed by atoms with Crippen molar-refractivity contribution in [3.63, 3.8) is 0 Å². The molecule has 2 aromatic heterocycles. The Hall–Kier alpha value is -3.42. The zero-order chi connectivity index (χ0) is 22.5. The van der Waals surface area contributed by atoms with E-state index in [1.165, 1.54) is 0 Å². The van der Waals surface area contributed by atoms with Gasteiger partial charge in [-0.25, -0.2) is 0 Å². The molecular weight excluding hydrogens is 430 g/mol. The number of halogens is 1. The molecule has 0 saturated heterocycles. The molecule has 32 heavy (non-hydrogen) atoms. The van der Waals surface area contributed by atoms with Gasteiger partial charge in [0, 0.05) is 10.9 Å². The van der Waals surface area contributed by atoms with Crippen LogP contribution in [-0.4, -0.2) is 33.1 Å². The molecule has 0 amide bonds. The average Bonchev–Trinajstić information content (AvgIpc) is 3.36. The number of benzene rings is 2. The minimum Gasteiger partial charge on any atom is -0.426 e. The highest BCUT2D eigenvalue weighted by Crippen LogP contribution is 2.36. The van der Waals surface area contributed by atoms with Crippen LogP contribution in [0.1, 0.15) is 12.6 Å². The van der Waals surface area contributed by atoms with Crippen molar-refractivity contribution in [3.8, 4) is 17.1 Å². The molecule has 0 saturated carbocycles. The molecule has 2 heterocycles. The molecular formula is C24H20ClN3O4. The lowest BCUT2D eigenvalue weighted by molar-refractivity contribution is -0.117. The third-order valence-corrected chi connectivity index (χ3v) is 6.34. The molecule has 8 heteroatoms. The van der Waals surface area contributed by atoms with Gasteiger partial charge in [-0.1, -0.05) is 35.8 Å². The highest BCUT2D eigenvalue weighted by Gasteiger charge is 2.35. The minimum absolute atomic E-state index is 0.138. The number of H-pyrrole nitrogens is 1. The molecule has 4 aromatic rings. The summed E-state index contributed by atoms with van der Waals surface area (Å²) in [7, 11) is 0. The van der Waals surface area contributed by atoms with Crippen LogP contribution in [0.4, 0.5) is 0 Å². The first-order valence-corrected chi connectivity index (χ1v) is 10.5. The van der Waals surface area contributed by atoms with Gasteiger partial charge in [-0.2, -0.15) is 4.98 Å². The Morgan fingerprint density at radius 1 is 1.34 bits per heavy atom. The van der Waals surface area contributed by atoms with Crippen LogP contribution in [0.2, 0.25) is 5.02 Å². The van der Waals surface area contributed by atoms with Crippen molar-refractivity contribution < 1.29 is 19.2 Å². The first kappa shape index (κ1) is 20.5. The third kappa shape index (κ3) is 3.30. The number of aromatic nitrogens is 3. The number of nitrogens with zero attached hydrogens (tertiary/aromatic N) is 2. The number of ether oxygens (including phenoxy) is 1. The molecule has 1 aliphatic carbocycles. The molecule has 2 unspecified atom stereocenters. The Kier molecular flexibility index (Phi) is 4.87. The van der Waals surface area contributed by atoms with E-state index >= 15 is 0 Å². The van der Waals surface area contributed by atoms with Crippen molar-refractivity contribution in [2.24, 2.45) is 11.3 Å². The minimum atomic E-state index is -1.01. The van der Waals surface area contributed by atoms with E-state index in [0.29, 0.717) is 21.8 Å². The summed E-state index contributed by atoms with van der Waals surface area (Å²) in [6.07, 6.45) is 5.99. The number of aliphatic hydroxyl groups is 1. The lowest BCUT2D eigenvalue weighted by Crippen LogP contribution is -2.34. The van der Waals surface area contributed by atoms with Crippen LogP contribution >= 0.6 is 11.6 Å². The van der Waals surface area contributed by atoms with Crippen molar-refractivity contribution >= 4 is 39.9 Å². The summed E-state index contributed by atoms with van der Waals surface area (Å²) in [4.78, 5) is 19.2. The highest BCUT2D eigenvalue weighted by atomic mass is 35.5. The maximum absolute atomic E-state index is 11.6. The molecule has 162 valence electrons. The maximum Gasteiger partial charge on any atom is 0.300 e. The van der Waals surface area contributed by atoms with E-state index in [4.69, 9.17) is 20.9 Å². The Morgan fingerprint density at radius 3 is 2.97 bits per heavy atom. The first-order valence-electron chi connectivity index (χ1n) is 10.1. The first-order chi connectivity index (χ1) is 15.4. The van der Waals surface area contributed by atoms with E-state index in [1.807, 2.05) is 44.2 Å². The molecule has 2 N–H and O–H groups in total. The smallest absolute Gasteiger partial charge is 0.300 e. The van der Waals surface area contributed by atoms with E-state index in [1.54, 1.807) is 18.2 Å². The second-order valence-corrected chi connectivity index (χ2v) is 8.46. The summed E-state index contributed by atoms with van der Waals surface area (Å²) in [5.41, 5.74) is 3.67. The second kappa shape index (κ2) is 7.62. The van der Waals surface area contributed by atoms with E-state index < -0.39 is 5.41 Å². The molecule has 0 radical (unpaired) electrons. The van der Waals surface area contributed by atoms with Crippen LogP contribution in [0, 0.1) is 18.3 Å². The number of rotatable bonds is 5. The molecule has 0 fully saturated rings. The monoisotopic (exact) mass is 449 g/mol. The number of aldehydes is 1. The van der Waals surface area contributed by atoms with Crippen LogP contribution in [0.15, 0.2) is 58.8 Å². The number of hydrogen-bond donors (Lipinski definition) is 2. The van der Waals surface area contributed by atoms with E-state index in [-0.39, 0.29) is 18.5 Å². The Balaban J connectivity index is 1.50. The van der Waals surface area contributed by atoms with Gasteiger partial charge in [0.25, 0.3) is 6.01 Å². The van der Waals surface area contributed by atoms with Crippen LogP contribution in [-0.2, 0) is 4.79 Å². The van der Waals surface area contributed by atoms with Crippen molar-refractivity contribution in [1.82, 2.24) is 15.1 Å². The van der Waals surface area contributed by atoms with Gasteiger partial charge >= 0.3 is 0 Å². The number of carbonyl (C=O) groups excluding carboxylic acids is 1. The quantitative estimate of drug-likeness (QED) is 0.417. The number of allylic oxidation sites excluding steroid dienone is 2. The number of imidazole rings is 1. The number of aliphatic hydroxyl groups excluding tert-OH is 1. The second-order valence-electron chi connectivity index (χ2n) is 8.05. The van der Waals surface area contributed by atoms with Crippen molar-refractivity contribution in [2.75, 3.05) is 6.61 Å². The number of carbonyl (C=O) groups is 1. The summed E-state index contributed by atoms with van der Waals surface area (Å²) in [6.45, 7) is 3.46. The predicted octanol–water partition coefficient (Wildman–Crippen LogP) is 4.98. The number of aryl methyl sites for hydroxylation is 1.